The summed E-state index contributed by atoms with van der Waals surface area (Å²) in [7, 11) is 0. The number of aldehydes is 2. The zero-order valence-corrected chi connectivity index (χ0v) is 8.76. The van der Waals surface area contributed by atoms with Gasteiger partial charge in [0.25, 0.3) is 0 Å². The molecule has 1 aromatic rings. The maximum atomic E-state index is 10.0. The topological polar surface area (TPSA) is 34.1 Å². The van der Waals surface area contributed by atoms with Crippen LogP contribution < -0.4 is 0 Å². The highest BCUT2D eigenvalue weighted by molar-refractivity contribution is 5.74. The molecule has 0 radical (unpaired) electrons. The van der Waals surface area contributed by atoms with Gasteiger partial charge in [-0.2, -0.15) is 0 Å². The maximum Gasteiger partial charge on any atom is 0.150 e. The SMILES string of the molecule is O=CC1CCCC1.O=Cc1ccccc1. The highest BCUT2D eigenvalue weighted by Crippen LogP contribution is 2.21. The van der Waals surface area contributed by atoms with Crippen molar-refractivity contribution in [2.75, 3.05) is 0 Å². The zero-order chi connectivity index (χ0) is 10.9. The van der Waals surface area contributed by atoms with Crippen molar-refractivity contribution < 1.29 is 9.59 Å². The molecule has 0 heterocycles. The molecule has 0 unspecified atom stereocenters. The van der Waals surface area contributed by atoms with Gasteiger partial charge >= 0.3 is 0 Å². The van der Waals surface area contributed by atoms with Gasteiger partial charge in [0, 0.05) is 11.5 Å². The van der Waals surface area contributed by atoms with Crippen molar-refractivity contribution in [3.05, 3.63) is 35.9 Å². The van der Waals surface area contributed by atoms with Crippen molar-refractivity contribution in [2.24, 2.45) is 5.92 Å². The molecule has 1 aliphatic carbocycles. The molecule has 0 saturated heterocycles. The lowest BCUT2D eigenvalue weighted by molar-refractivity contribution is -0.110. The predicted octanol–water partition coefficient (Wildman–Crippen LogP) is 2.87. The van der Waals surface area contributed by atoms with Crippen molar-refractivity contribution >= 4 is 12.6 Å². The Morgan fingerprint density at radius 3 is 1.93 bits per heavy atom. The van der Waals surface area contributed by atoms with Crippen molar-refractivity contribution in [2.45, 2.75) is 25.7 Å². The van der Waals surface area contributed by atoms with Crippen LogP contribution in [0, 0.1) is 5.92 Å². The molecule has 0 amide bonds. The normalized spacial score (nSPS) is 15.2. The van der Waals surface area contributed by atoms with Gasteiger partial charge in [-0.1, -0.05) is 43.2 Å². The first-order chi connectivity index (χ1) is 7.36. The average molecular weight is 204 g/mol. The Hall–Kier alpha value is -1.44. The number of carbonyl (C=O) groups excluding carboxylic acids is 2. The maximum absolute atomic E-state index is 10.0. The highest BCUT2D eigenvalue weighted by atomic mass is 16.1. The minimum atomic E-state index is 0.417. The minimum absolute atomic E-state index is 0.417. The molecule has 2 nitrogen and oxygen atoms in total. The van der Waals surface area contributed by atoms with E-state index in [-0.39, 0.29) is 0 Å². The van der Waals surface area contributed by atoms with Crippen LogP contribution in [0.25, 0.3) is 0 Å². The smallest absolute Gasteiger partial charge is 0.150 e. The number of hydrogen-bond acceptors (Lipinski definition) is 2. The van der Waals surface area contributed by atoms with E-state index in [2.05, 4.69) is 0 Å². The monoisotopic (exact) mass is 204 g/mol. The second-order valence-electron chi connectivity index (χ2n) is 3.71. The fraction of sp³-hybridized carbons (Fsp3) is 0.385. The molecular weight excluding hydrogens is 188 g/mol. The molecule has 15 heavy (non-hydrogen) atoms. The molecule has 0 spiro atoms. The Morgan fingerprint density at radius 2 is 1.60 bits per heavy atom. The molecule has 2 heteroatoms. The van der Waals surface area contributed by atoms with Crippen molar-refractivity contribution in [1.29, 1.82) is 0 Å². The van der Waals surface area contributed by atoms with E-state index in [1.165, 1.54) is 12.8 Å². The van der Waals surface area contributed by atoms with Gasteiger partial charge in [-0.3, -0.25) is 4.79 Å². The molecule has 0 aromatic heterocycles. The third-order valence-electron chi connectivity index (χ3n) is 2.53. The number of carbonyl (C=O) groups is 2. The Bertz CT molecular complexity index is 287. The molecule has 1 fully saturated rings. The van der Waals surface area contributed by atoms with Crippen molar-refractivity contribution in [1.82, 2.24) is 0 Å². The van der Waals surface area contributed by atoms with Gasteiger partial charge in [0.15, 0.2) is 0 Å². The summed E-state index contributed by atoms with van der Waals surface area (Å²) in [6, 6.07) is 9.10. The summed E-state index contributed by atoms with van der Waals surface area (Å²) in [5.41, 5.74) is 0.729. The molecule has 1 aliphatic rings. The van der Waals surface area contributed by atoms with Crippen LogP contribution in [0.1, 0.15) is 36.0 Å². The van der Waals surface area contributed by atoms with Crippen LogP contribution in [0.3, 0.4) is 0 Å². The summed E-state index contributed by atoms with van der Waals surface area (Å²) in [6.45, 7) is 0. The van der Waals surface area contributed by atoms with Gasteiger partial charge in [-0.25, -0.2) is 0 Å². The van der Waals surface area contributed by atoms with Gasteiger partial charge in [0.05, 0.1) is 0 Å². The lowest BCUT2D eigenvalue weighted by Gasteiger charge is -1.90. The van der Waals surface area contributed by atoms with E-state index in [1.807, 2.05) is 18.2 Å². The Morgan fingerprint density at radius 1 is 1.00 bits per heavy atom. The molecular formula is C13H16O2. The minimum Gasteiger partial charge on any atom is -0.303 e. The van der Waals surface area contributed by atoms with Gasteiger partial charge in [0.2, 0.25) is 0 Å². The summed E-state index contributed by atoms with van der Waals surface area (Å²) in [4.78, 5) is 20.0. The summed E-state index contributed by atoms with van der Waals surface area (Å²) < 4.78 is 0. The van der Waals surface area contributed by atoms with Gasteiger partial charge in [0.1, 0.15) is 12.6 Å². The van der Waals surface area contributed by atoms with Crippen LogP contribution in [0.5, 0.6) is 0 Å². The van der Waals surface area contributed by atoms with Crippen LogP contribution in [0.2, 0.25) is 0 Å². The first-order valence-electron chi connectivity index (χ1n) is 5.32. The van der Waals surface area contributed by atoms with E-state index in [1.54, 1.807) is 12.1 Å². The average Bonchev–Trinajstić information content (AvgIpc) is 2.84. The van der Waals surface area contributed by atoms with Crippen LogP contribution in [0.4, 0.5) is 0 Å². The van der Waals surface area contributed by atoms with Crippen LogP contribution in [0.15, 0.2) is 30.3 Å². The lowest BCUT2D eigenvalue weighted by atomic mass is 10.1. The molecule has 2 rings (SSSR count). The Balaban J connectivity index is 0.000000151. The fourth-order valence-electron chi connectivity index (χ4n) is 1.63. The molecule has 0 aliphatic heterocycles. The van der Waals surface area contributed by atoms with E-state index in [9.17, 15) is 9.59 Å². The van der Waals surface area contributed by atoms with Gasteiger partial charge in [-0.05, 0) is 12.8 Å². The van der Waals surface area contributed by atoms with E-state index in [4.69, 9.17) is 0 Å². The molecule has 0 N–H and O–H groups in total. The van der Waals surface area contributed by atoms with Crippen LogP contribution in [-0.2, 0) is 4.79 Å². The molecule has 0 atom stereocenters. The third kappa shape index (κ3) is 4.54. The van der Waals surface area contributed by atoms with E-state index in [0.717, 1.165) is 31.0 Å². The Kier molecular flexibility index (Phi) is 5.38. The second-order valence-corrected chi connectivity index (χ2v) is 3.71. The van der Waals surface area contributed by atoms with E-state index < -0.39 is 0 Å². The number of benzene rings is 1. The van der Waals surface area contributed by atoms with E-state index >= 15 is 0 Å². The predicted molar refractivity (Wildman–Crippen MR) is 59.9 cm³/mol. The van der Waals surface area contributed by atoms with Gasteiger partial charge in [-0.15, -0.1) is 0 Å². The standard InChI is InChI=1S/C7H6O.C6H10O/c8-6-7-4-2-1-3-5-7;7-5-6-3-1-2-4-6/h1-6H;5-6H,1-4H2. The van der Waals surface area contributed by atoms with Crippen molar-refractivity contribution in [3.63, 3.8) is 0 Å². The fourth-order valence-corrected chi connectivity index (χ4v) is 1.63. The second kappa shape index (κ2) is 6.93. The molecule has 1 aromatic carbocycles. The number of rotatable bonds is 2. The largest absolute Gasteiger partial charge is 0.303 e. The summed E-state index contributed by atoms with van der Waals surface area (Å²) in [5, 5.41) is 0. The Labute approximate surface area is 90.3 Å². The summed E-state index contributed by atoms with van der Waals surface area (Å²) >= 11 is 0. The number of hydrogen-bond donors (Lipinski definition) is 0. The quantitative estimate of drug-likeness (QED) is 0.694. The molecule has 1 saturated carbocycles. The highest BCUT2D eigenvalue weighted by Gasteiger charge is 2.12. The first-order valence-corrected chi connectivity index (χ1v) is 5.32. The lowest BCUT2D eigenvalue weighted by Crippen LogP contribution is -1.91. The van der Waals surface area contributed by atoms with Crippen LogP contribution in [-0.4, -0.2) is 12.6 Å². The summed E-state index contributed by atoms with van der Waals surface area (Å²) in [6.07, 6.45) is 6.74. The first kappa shape index (κ1) is 11.6. The van der Waals surface area contributed by atoms with Gasteiger partial charge < -0.3 is 4.79 Å². The van der Waals surface area contributed by atoms with E-state index in [0.29, 0.717) is 5.92 Å². The molecule has 0 bridgehead atoms. The zero-order valence-electron chi connectivity index (χ0n) is 8.76. The van der Waals surface area contributed by atoms with Crippen molar-refractivity contribution in [3.8, 4) is 0 Å². The molecule has 80 valence electrons. The van der Waals surface area contributed by atoms with Crippen LogP contribution >= 0.6 is 0 Å². The summed E-state index contributed by atoms with van der Waals surface area (Å²) in [5.74, 6) is 0.417. The third-order valence-corrected chi connectivity index (χ3v) is 2.53.